The maximum absolute atomic E-state index is 9.17. The van der Waals surface area contributed by atoms with Crippen molar-refractivity contribution >= 4 is 11.4 Å². The van der Waals surface area contributed by atoms with Crippen LogP contribution in [0.4, 0.5) is 5.69 Å². The molecule has 0 atom stereocenters. The van der Waals surface area contributed by atoms with Crippen molar-refractivity contribution in [2.45, 2.75) is 51.5 Å². The molecule has 3 nitrogen and oxygen atoms in total. The second-order valence-electron chi connectivity index (χ2n) is 6.09. The molecular weight excluding hydrogens is 248 g/mol. The van der Waals surface area contributed by atoms with Gasteiger partial charge in [0.25, 0.3) is 0 Å². The Hall–Kier alpha value is -1.51. The minimum atomic E-state index is 0.666. The number of hydrogen-bond donors (Lipinski definition) is 1. The fourth-order valence-corrected chi connectivity index (χ4v) is 3.80. The van der Waals surface area contributed by atoms with Crippen molar-refractivity contribution in [1.82, 2.24) is 0 Å². The Morgan fingerprint density at radius 2 is 1.95 bits per heavy atom. The summed E-state index contributed by atoms with van der Waals surface area (Å²) in [6.07, 6.45) is 7.50. The van der Waals surface area contributed by atoms with Gasteiger partial charge in [-0.2, -0.15) is 0 Å². The lowest BCUT2D eigenvalue weighted by atomic mass is 9.83. The molecule has 20 heavy (non-hydrogen) atoms. The van der Waals surface area contributed by atoms with E-state index in [4.69, 9.17) is 0 Å². The first-order valence-electron chi connectivity index (χ1n) is 7.90. The number of benzene rings is 1. The summed E-state index contributed by atoms with van der Waals surface area (Å²) in [5, 5.41) is 12.7. The molecule has 0 aromatic heterocycles. The average Bonchev–Trinajstić information content (AvgIpc) is 2.54. The van der Waals surface area contributed by atoms with Crippen LogP contribution in [0.3, 0.4) is 0 Å². The van der Waals surface area contributed by atoms with Crippen molar-refractivity contribution in [3.8, 4) is 0 Å². The van der Waals surface area contributed by atoms with Gasteiger partial charge in [-0.05, 0) is 37.7 Å². The van der Waals surface area contributed by atoms with Crippen molar-refractivity contribution in [3.05, 3.63) is 29.8 Å². The van der Waals surface area contributed by atoms with Gasteiger partial charge in [0, 0.05) is 30.3 Å². The van der Waals surface area contributed by atoms with Crippen LogP contribution in [-0.2, 0) is 0 Å². The molecule has 1 heterocycles. The fraction of sp³-hybridized carbons (Fsp3) is 0.588. The summed E-state index contributed by atoms with van der Waals surface area (Å²) < 4.78 is 0. The van der Waals surface area contributed by atoms with Gasteiger partial charge in [-0.1, -0.05) is 36.7 Å². The quantitative estimate of drug-likeness (QED) is 0.651. The third-order valence-electron chi connectivity index (χ3n) is 5.07. The maximum Gasteiger partial charge on any atom is 0.0906 e. The van der Waals surface area contributed by atoms with E-state index in [-0.39, 0.29) is 0 Å². The Balaban J connectivity index is 1.82. The largest absolute Gasteiger partial charge is 0.411 e. The second kappa shape index (κ2) is 5.86. The zero-order chi connectivity index (χ0) is 13.9. The van der Waals surface area contributed by atoms with Gasteiger partial charge in [-0.3, -0.25) is 0 Å². The first kappa shape index (κ1) is 13.5. The number of para-hydroxylation sites is 1. The second-order valence-corrected chi connectivity index (χ2v) is 6.09. The Bertz CT molecular complexity index is 490. The van der Waals surface area contributed by atoms with Crippen LogP contribution in [0.2, 0.25) is 0 Å². The number of hydrogen-bond acceptors (Lipinski definition) is 3. The molecule has 1 N–H and O–H groups in total. The summed E-state index contributed by atoms with van der Waals surface area (Å²) in [6, 6.07) is 9.03. The normalized spacial score (nSPS) is 28.4. The summed E-state index contributed by atoms with van der Waals surface area (Å²) in [7, 11) is 0. The molecule has 0 spiro atoms. The smallest absolute Gasteiger partial charge is 0.0906 e. The van der Waals surface area contributed by atoms with Crippen molar-refractivity contribution < 1.29 is 5.21 Å². The molecule has 1 aromatic carbocycles. The Morgan fingerprint density at radius 3 is 2.65 bits per heavy atom. The van der Waals surface area contributed by atoms with Gasteiger partial charge in [0.1, 0.15) is 0 Å². The number of rotatable bonds is 2. The molecule has 3 rings (SSSR count). The monoisotopic (exact) mass is 272 g/mol. The van der Waals surface area contributed by atoms with Crippen molar-refractivity contribution in [2.24, 2.45) is 11.1 Å². The molecule has 1 fully saturated rings. The van der Waals surface area contributed by atoms with Crippen LogP contribution in [0.1, 0.15) is 51.0 Å². The van der Waals surface area contributed by atoms with Crippen LogP contribution >= 0.6 is 0 Å². The first-order chi connectivity index (χ1) is 9.83. The van der Waals surface area contributed by atoms with Crippen molar-refractivity contribution in [2.75, 3.05) is 11.4 Å². The molecule has 1 aliphatic carbocycles. The molecule has 0 unspecified atom stereocenters. The van der Waals surface area contributed by atoms with E-state index in [2.05, 4.69) is 35.2 Å². The van der Waals surface area contributed by atoms with Gasteiger partial charge >= 0.3 is 0 Å². The van der Waals surface area contributed by atoms with Crippen LogP contribution in [0, 0.1) is 5.92 Å². The van der Waals surface area contributed by atoms with Crippen LogP contribution in [0.15, 0.2) is 29.4 Å². The summed E-state index contributed by atoms with van der Waals surface area (Å²) in [6.45, 7) is 3.29. The van der Waals surface area contributed by atoms with Gasteiger partial charge < -0.3 is 10.1 Å². The number of oxime groups is 1. The van der Waals surface area contributed by atoms with Crippen LogP contribution in [-0.4, -0.2) is 23.5 Å². The zero-order valence-corrected chi connectivity index (χ0v) is 12.3. The van der Waals surface area contributed by atoms with E-state index in [9.17, 15) is 5.21 Å². The number of fused-ring (bicyclic) bond motifs is 1. The van der Waals surface area contributed by atoms with Gasteiger partial charge in [0.05, 0.1) is 5.71 Å². The van der Waals surface area contributed by atoms with Gasteiger partial charge in [-0.15, -0.1) is 0 Å². The molecule has 1 aromatic rings. The summed E-state index contributed by atoms with van der Waals surface area (Å²) >= 11 is 0. The minimum Gasteiger partial charge on any atom is -0.411 e. The first-order valence-corrected chi connectivity index (χ1v) is 7.90. The number of nitrogens with zero attached hydrogens (tertiary/aromatic N) is 2. The maximum atomic E-state index is 9.17. The predicted molar refractivity (Wildman–Crippen MR) is 82.8 cm³/mol. The van der Waals surface area contributed by atoms with E-state index in [1.165, 1.54) is 37.8 Å². The van der Waals surface area contributed by atoms with Gasteiger partial charge in [0.15, 0.2) is 0 Å². The van der Waals surface area contributed by atoms with E-state index in [0.717, 1.165) is 30.2 Å². The molecule has 1 saturated carbocycles. The molecule has 108 valence electrons. The molecule has 0 bridgehead atoms. The lowest BCUT2D eigenvalue weighted by Crippen LogP contribution is -2.42. The van der Waals surface area contributed by atoms with Crippen LogP contribution in [0.25, 0.3) is 0 Å². The molecule has 3 heteroatoms. The van der Waals surface area contributed by atoms with E-state index in [1.54, 1.807) is 0 Å². The number of anilines is 1. The zero-order valence-electron chi connectivity index (χ0n) is 12.3. The molecule has 2 aliphatic rings. The van der Waals surface area contributed by atoms with Gasteiger partial charge in [-0.25, -0.2) is 0 Å². The third kappa shape index (κ3) is 2.41. The van der Waals surface area contributed by atoms with Crippen LogP contribution < -0.4 is 4.90 Å². The summed E-state index contributed by atoms with van der Waals surface area (Å²) in [5.74, 6) is 0.931. The molecule has 1 aliphatic heterocycles. The SMILES string of the molecule is CCC1CCC(N2CCC(=NO)c3ccccc32)CC1. The molecule has 0 radical (unpaired) electrons. The van der Waals surface area contributed by atoms with E-state index >= 15 is 0 Å². The minimum absolute atomic E-state index is 0.666. The van der Waals surface area contributed by atoms with E-state index in [0.29, 0.717) is 6.04 Å². The lowest BCUT2D eigenvalue weighted by molar-refractivity contribution is 0.306. The van der Waals surface area contributed by atoms with Crippen LogP contribution in [0.5, 0.6) is 0 Å². The Kier molecular flexibility index (Phi) is 3.95. The van der Waals surface area contributed by atoms with E-state index < -0.39 is 0 Å². The molecule has 0 amide bonds. The highest BCUT2D eigenvalue weighted by molar-refractivity contribution is 6.06. The highest BCUT2D eigenvalue weighted by atomic mass is 16.4. The van der Waals surface area contributed by atoms with E-state index in [1.807, 2.05) is 6.07 Å². The third-order valence-corrected chi connectivity index (χ3v) is 5.07. The summed E-state index contributed by atoms with van der Waals surface area (Å²) in [5.41, 5.74) is 3.20. The highest BCUT2D eigenvalue weighted by Gasteiger charge is 2.30. The summed E-state index contributed by atoms with van der Waals surface area (Å²) in [4.78, 5) is 2.55. The fourth-order valence-electron chi connectivity index (χ4n) is 3.80. The highest BCUT2D eigenvalue weighted by Crippen LogP contribution is 2.35. The average molecular weight is 272 g/mol. The standard InChI is InChI=1S/C17H24N2O/c1-2-13-7-9-14(10-8-13)19-12-11-16(18-20)15-5-3-4-6-17(15)19/h3-6,13-14,20H,2,7-12H2,1H3. The Morgan fingerprint density at radius 1 is 1.20 bits per heavy atom. The molecule has 0 saturated heterocycles. The lowest BCUT2D eigenvalue weighted by Gasteiger charge is -2.41. The Labute approximate surface area is 121 Å². The topological polar surface area (TPSA) is 35.8 Å². The van der Waals surface area contributed by atoms with Crippen molar-refractivity contribution in [1.29, 1.82) is 0 Å². The predicted octanol–water partition coefficient (Wildman–Crippen LogP) is 4.04. The molecular formula is C17H24N2O. The van der Waals surface area contributed by atoms with Gasteiger partial charge in [0.2, 0.25) is 0 Å². The van der Waals surface area contributed by atoms with Crippen molar-refractivity contribution in [3.63, 3.8) is 0 Å².